The zero-order valence-electron chi connectivity index (χ0n) is 15.3. The number of hydrogen-bond acceptors (Lipinski definition) is 4. The Morgan fingerprint density at radius 2 is 1.50 bits per heavy atom. The van der Waals surface area contributed by atoms with Crippen LogP contribution in [-0.4, -0.2) is 38.2 Å². The SMILES string of the molecule is O=C(c1nn(-c2ccccc2)c(=O)n(Cc2ccccc2)c1=O)N1CCCC1. The molecule has 0 spiro atoms. The van der Waals surface area contributed by atoms with Crippen LogP contribution in [0.2, 0.25) is 0 Å². The summed E-state index contributed by atoms with van der Waals surface area (Å²) in [6, 6.07) is 18.0. The molecular formula is C21H20N4O3. The van der Waals surface area contributed by atoms with Crippen molar-refractivity contribution in [3.8, 4) is 5.69 Å². The standard InChI is InChI=1S/C21H20N4O3/c26-19(23-13-7-8-14-23)18-20(27)24(15-16-9-3-1-4-10-16)21(28)25(22-18)17-11-5-2-6-12-17/h1-6,9-12H,7-8,13-15H2. The van der Waals surface area contributed by atoms with Gasteiger partial charge in [-0.1, -0.05) is 48.5 Å². The predicted octanol–water partition coefficient (Wildman–Crippen LogP) is 1.68. The van der Waals surface area contributed by atoms with E-state index in [2.05, 4.69) is 5.10 Å². The molecule has 4 rings (SSSR count). The van der Waals surface area contributed by atoms with Gasteiger partial charge in [0.1, 0.15) is 0 Å². The molecule has 2 heterocycles. The van der Waals surface area contributed by atoms with Crippen LogP contribution in [-0.2, 0) is 6.54 Å². The molecule has 2 aromatic carbocycles. The largest absolute Gasteiger partial charge is 0.352 e. The van der Waals surface area contributed by atoms with Crippen LogP contribution in [0.1, 0.15) is 28.9 Å². The van der Waals surface area contributed by atoms with Crippen LogP contribution < -0.4 is 11.2 Å². The first-order valence-electron chi connectivity index (χ1n) is 9.28. The highest BCUT2D eigenvalue weighted by Crippen LogP contribution is 2.10. The fraction of sp³-hybridized carbons (Fsp3) is 0.238. The summed E-state index contributed by atoms with van der Waals surface area (Å²) < 4.78 is 2.21. The molecule has 1 aliphatic rings. The summed E-state index contributed by atoms with van der Waals surface area (Å²) in [4.78, 5) is 40.6. The molecule has 1 aromatic heterocycles. The molecule has 1 aliphatic heterocycles. The molecule has 7 nitrogen and oxygen atoms in total. The molecule has 142 valence electrons. The molecule has 1 fully saturated rings. The van der Waals surface area contributed by atoms with Gasteiger partial charge in [0.15, 0.2) is 0 Å². The maximum absolute atomic E-state index is 13.0. The van der Waals surface area contributed by atoms with Crippen LogP contribution in [0.3, 0.4) is 0 Å². The summed E-state index contributed by atoms with van der Waals surface area (Å²) in [5.74, 6) is -0.422. The third-order valence-electron chi connectivity index (χ3n) is 4.84. The zero-order valence-corrected chi connectivity index (χ0v) is 15.3. The van der Waals surface area contributed by atoms with E-state index in [1.54, 1.807) is 29.2 Å². The summed E-state index contributed by atoms with van der Waals surface area (Å²) in [5.41, 5.74) is -0.144. The second-order valence-electron chi connectivity index (χ2n) is 6.75. The molecule has 1 saturated heterocycles. The molecule has 0 unspecified atom stereocenters. The maximum Gasteiger partial charge on any atom is 0.352 e. The number of carbonyl (C=O) groups excluding carboxylic acids is 1. The van der Waals surface area contributed by atoms with Crippen LogP contribution >= 0.6 is 0 Å². The van der Waals surface area contributed by atoms with Crippen molar-refractivity contribution in [2.24, 2.45) is 0 Å². The Hall–Kier alpha value is -3.48. The van der Waals surface area contributed by atoms with Gasteiger partial charge in [-0.15, -0.1) is 0 Å². The lowest BCUT2D eigenvalue weighted by atomic mass is 10.2. The van der Waals surface area contributed by atoms with Gasteiger partial charge in [0.05, 0.1) is 12.2 Å². The molecule has 0 bridgehead atoms. The minimum absolute atomic E-state index is 0.0775. The van der Waals surface area contributed by atoms with E-state index in [9.17, 15) is 14.4 Å². The van der Waals surface area contributed by atoms with Gasteiger partial charge in [0, 0.05) is 13.1 Å². The van der Waals surface area contributed by atoms with Crippen LogP contribution in [0.15, 0.2) is 70.3 Å². The van der Waals surface area contributed by atoms with Crippen molar-refractivity contribution in [3.05, 3.63) is 92.8 Å². The highest BCUT2D eigenvalue weighted by atomic mass is 16.2. The number of amides is 1. The third kappa shape index (κ3) is 3.38. The van der Waals surface area contributed by atoms with E-state index in [1.165, 1.54) is 0 Å². The minimum Gasteiger partial charge on any atom is -0.337 e. The number of nitrogens with zero attached hydrogens (tertiary/aromatic N) is 4. The molecule has 0 aliphatic carbocycles. The molecular weight excluding hydrogens is 356 g/mol. The lowest BCUT2D eigenvalue weighted by molar-refractivity contribution is 0.0781. The number of carbonyl (C=O) groups is 1. The summed E-state index contributed by atoms with van der Waals surface area (Å²) in [6.45, 7) is 1.28. The number of hydrogen-bond donors (Lipinski definition) is 0. The van der Waals surface area contributed by atoms with Crippen molar-refractivity contribution < 1.29 is 4.79 Å². The molecule has 0 atom stereocenters. The van der Waals surface area contributed by atoms with E-state index in [4.69, 9.17) is 0 Å². The van der Waals surface area contributed by atoms with Crippen molar-refractivity contribution in [3.63, 3.8) is 0 Å². The monoisotopic (exact) mass is 376 g/mol. The fourth-order valence-corrected chi connectivity index (χ4v) is 3.36. The molecule has 7 heteroatoms. The summed E-state index contributed by atoms with van der Waals surface area (Å²) in [6.07, 6.45) is 1.81. The average molecular weight is 376 g/mol. The van der Waals surface area contributed by atoms with Gasteiger partial charge in [-0.2, -0.15) is 9.78 Å². The molecule has 0 N–H and O–H groups in total. The van der Waals surface area contributed by atoms with Crippen LogP contribution in [0.4, 0.5) is 0 Å². The van der Waals surface area contributed by atoms with Gasteiger partial charge < -0.3 is 4.90 Å². The van der Waals surface area contributed by atoms with Gasteiger partial charge in [0.25, 0.3) is 11.5 Å². The number of rotatable bonds is 4. The number of likely N-dealkylation sites (tertiary alicyclic amines) is 1. The highest BCUT2D eigenvalue weighted by molar-refractivity contribution is 5.92. The Balaban J connectivity index is 1.88. The lowest BCUT2D eigenvalue weighted by Crippen LogP contribution is -2.46. The second-order valence-corrected chi connectivity index (χ2v) is 6.75. The van der Waals surface area contributed by atoms with Crippen LogP contribution in [0, 0.1) is 0 Å². The Labute approximate surface area is 161 Å². The van der Waals surface area contributed by atoms with E-state index in [0.29, 0.717) is 18.8 Å². The van der Waals surface area contributed by atoms with Crippen molar-refractivity contribution in [1.29, 1.82) is 0 Å². The van der Waals surface area contributed by atoms with Crippen molar-refractivity contribution in [1.82, 2.24) is 19.2 Å². The van der Waals surface area contributed by atoms with E-state index in [1.807, 2.05) is 36.4 Å². The highest BCUT2D eigenvalue weighted by Gasteiger charge is 2.26. The Kier molecular flexibility index (Phi) is 4.89. The van der Waals surface area contributed by atoms with E-state index in [0.717, 1.165) is 27.7 Å². The van der Waals surface area contributed by atoms with E-state index >= 15 is 0 Å². The fourth-order valence-electron chi connectivity index (χ4n) is 3.36. The van der Waals surface area contributed by atoms with Crippen molar-refractivity contribution in [2.75, 3.05) is 13.1 Å². The zero-order chi connectivity index (χ0) is 19.5. The minimum atomic E-state index is -0.655. The molecule has 0 saturated carbocycles. The Bertz CT molecular complexity index is 1100. The van der Waals surface area contributed by atoms with Gasteiger partial charge in [-0.25, -0.2) is 4.79 Å². The summed E-state index contributed by atoms with van der Waals surface area (Å²) in [5, 5.41) is 4.17. The van der Waals surface area contributed by atoms with Crippen LogP contribution in [0.5, 0.6) is 0 Å². The lowest BCUT2D eigenvalue weighted by Gasteiger charge is -2.16. The average Bonchev–Trinajstić information content (AvgIpc) is 3.27. The van der Waals surface area contributed by atoms with Gasteiger partial charge in [0.2, 0.25) is 5.69 Å². The van der Waals surface area contributed by atoms with Crippen molar-refractivity contribution in [2.45, 2.75) is 19.4 Å². The number of benzene rings is 2. The number of aromatic nitrogens is 3. The first-order valence-corrected chi connectivity index (χ1v) is 9.28. The molecule has 0 radical (unpaired) electrons. The normalized spacial score (nSPS) is 13.6. The van der Waals surface area contributed by atoms with E-state index in [-0.39, 0.29) is 12.2 Å². The van der Waals surface area contributed by atoms with E-state index < -0.39 is 17.2 Å². The van der Waals surface area contributed by atoms with Crippen molar-refractivity contribution >= 4 is 5.91 Å². The predicted molar refractivity (Wildman–Crippen MR) is 105 cm³/mol. The molecule has 28 heavy (non-hydrogen) atoms. The first kappa shape index (κ1) is 17.9. The second kappa shape index (κ2) is 7.64. The van der Waals surface area contributed by atoms with Gasteiger partial charge >= 0.3 is 5.69 Å². The maximum atomic E-state index is 13.0. The van der Waals surface area contributed by atoms with Crippen LogP contribution in [0.25, 0.3) is 5.69 Å². The Morgan fingerprint density at radius 1 is 0.893 bits per heavy atom. The topological polar surface area (TPSA) is 77.2 Å². The summed E-state index contributed by atoms with van der Waals surface area (Å²) >= 11 is 0. The third-order valence-corrected chi connectivity index (χ3v) is 4.84. The molecule has 3 aromatic rings. The molecule has 1 amide bonds. The van der Waals surface area contributed by atoms with Gasteiger partial charge in [-0.05, 0) is 30.5 Å². The first-order chi connectivity index (χ1) is 13.6. The number of para-hydroxylation sites is 1. The van der Waals surface area contributed by atoms with Gasteiger partial charge in [-0.3, -0.25) is 14.2 Å². The Morgan fingerprint density at radius 3 is 2.14 bits per heavy atom. The summed E-state index contributed by atoms with van der Waals surface area (Å²) in [7, 11) is 0. The quantitative estimate of drug-likeness (QED) is 0.694. The smallest absolute Gasteiger partial charge is 0.337 e.